The maximum absolute atomic E-state index is 11.1. The van der Waals surface area contributed by atoms with E-state index < -0.39 is 12.1 Å². The van der Waals surface area contributed by atoms with Gasteiger partial charge in [-0.1, -0.05) is 13.8 Å². The molecule has 0 aliphatic carbocycles. The fourth-order valence-corrected chi connectivity index (χ4v) is 1.17. The normalized spacial score (nSPS) is 10.7. The minimum atomic E-state index is -0.515. The van der Waals surface area contributed by atoms with Crippen LogP contribution in [0.1, 0.15) is 33.6 Å². The molecule has 0 spiro atoms. The highest BCUT2D eigenvalue weighted by Gasteiger charge is 2.13. The summed E-state index contributed by atoms with van der Waals surface area (Å²) in [6, 6.07) is 0. The lowest BCUT2D eigenvalue weighted by molar-refractivity contribution is -0.166. The van der Waals surface area contributed by atoms with Crippen LogP contribution in [0.4, 0.5) is 0 Å². The van der Waals surface area contributed by atoms with Gasteiger partial charge in [-0.15, -0.1) is 0 Å². The molecule has 122 valence electrons. The van der Waals surface area contributed by atoms with Gasteiger partial charge in [0.05, 0.1) is 13.2 Å². The van der Waals surface area contributed by atoms with Crippen LogP contribution in [0.2, 0.25) is 0 Å². The molecule has 0 heterocycles. The first-order valence-electron chi connectivity index (χ1n) is 6.93. The molecule has 0 aromatic rings. The first-order valence-corrected chi connectivity index (χ1v) is 6.93. The second-order valence-electron chi connectivity index (χ2n) is 4.36. The van der Waals surface area contributed by atoms with Crippen molar-refractivity contribution in [1.82, 2.24) is 0 Å². The van der Waals surface area contributed by atoms with Crippen LogP contribution < -0.4 is 0 Å². The summed E-state index contributed by atoms with van der Waals surface area (Å²) >= 11 is 0. The quantitative estimate of drug-likeness (QED) is 0.369. The highest BCUT2D eigenvalue weighted by Crippen LogP contribution is 1.98. The summed E-state index contributed by atoms with van der Waals surface area (Å²) in [7, 11) is 0. The minimum absolute atomic E-state index is 0.00217. The van der Waals surface area contributed by atoms with Gasteiger partial charge in [-0.3, -0.25) is 14.4 Å². The van der Waals surface area contributed by atoms with Gasteiger partial charge in [0.2, 0.25) is 0 Å². The third-order valence-corrected chi connectivity index (χ3v) is 2.49. The summed E-state index contributed by atoms with van der Waals surface area (Å²) in [6.45, 7) is 4.78. The maximum Gasteiger partial charge on any atom is 0.304 e. The number of esters is 1. The monoisotopic (exact) mass is 304 g/mol. The van der Waals surface area contributed by atoms with Crippen molar-refractivity contribution < 1.29 is 33.3 Å². The SMILES string of the molecule is CCC(=O)COCC(COCC(=O)CC)OCOC(C)=O. The van der Waals surface area contributed by atoms with Crippen LogP contribution in [0, 0.1) is 0 Å². The molecule has 0 atom stereocenters. The number of carbonyl (C=O) groups is 3. The molecule has 0 aliphatic heterocycles. The Morgan fingerprint density at radius 2 is 1.38 bits per heavy atom. The van der Waals surface area contributed by atoms with E-state index in [4.69, 9.17) is 14.2 Å². The fraction of sp³-hybridized carbons (Fsp3) is 0.786. The molecule has 0 rings (SSSR count). The first-order chi connectivity index (χ1) is 9.99. The summed E-state index contributed by atoms with van der Waals surface area (Å²) in [5, 5.41) is 0. The molecule has 0 aromatic heterocycles. The molecule has 0 unspecified atom stereocenters. The topological polar surface area (TPSA) is 88.1 Å². The van der Waals surface area contributed by atoms with Crippen LogP contribution >= 0.6 is 0 Å². The Labute approximate surface area is 124 Å². The van der Waals surface area contributed by atoms with Crippen molar-refractivity contribution in [3.05, 3.63) is 0 Å². The van der Waals surface area contributed by atoms with E-state index in [0.29, 0.717) is 12.8 Å². The summed E-state index contributed by atoms with van der Waals surface area (Å²) in [5.74, 6) is -0.496. The van der Waals surface area contributed by atoms with E-state index in [-0.39, 0.29) is 44.8 Å². The number of hydrogen-bond donors (Lipinski definition) is 0. The van der Waals surface area contributed by atoms with Gasteiger partial charge in [0.1, 0.15) is 19.3 Å². The average molecular weight is 304 g/mol. The van der Waals surface area contributed by atoms with E-state index in [9.17, 15) is 14.4 Å². The predicted molar refractivity (Wildman–Crippen MR) is 73.7 cm³/mol. The number of ketones is 2. The fourth-order valence-electron chi connectivity index (χ4n) is 1.17. The van der Waals surface area contributed by atoms with E-state index in [1.807, 2.05) is 0 Å². The summed E-state index contributed by atoms with van der Waals surface area (Å²) in [6.07, 6.45) is 0.291. The molecule has 7 nitrogen and oxygen atoms in total. The lowest BCUT2D eigenvalue weighted by atomic mass is 10.3. The van der Waals surface area contributed by atoms with Crippen LogP contribution in [0.3, 0.4) is 0 Å². The van der Waals surface area contributed by atoms with Crippen molar-refractivity contribution in [2.75, 3.05) is 33.2 Å². The zero-order chi connectivity index (χ0) is 16.1. The average Bonchev–Trinajstić information content (AvgIpc) is 2.45. The Kier molecular flexibility index (Phi) is 11.7. The van der Waals surface area contributed by atoms with Gasteiger partial charge >= 0.3 is 5.97 Å². The molecule has 0 radical (unpaired) electrons. The van der Waals surface area contributed by atoms with Gasteiger partial charge in [-0.05, 0) is 0 Å². The Bertz CT molecular complexity index is 305. The van der Waals surface area contributed by atoms with Crippen molar-refractivity contribution in [3.63, 3.8) is 0 Å². The molecular formula is C14H24O7. The summed E-state index contributed by atoms with van der Waals surface area (Å²) in [4.78, 5) is 32.9. The van der Waals surface area contributed by atoms with Crippen LogP contribution in [-0.2, 0) is 33.3 Å². The molecule has 0 fully saturated rings. The largest absolute Gasteiger partial charge is 0.439 e. The number of Topliss-reactive ketones (excluding diaryl/α,β-unsaturated/α-hetero) is 2. The Morgan fingerprint density at radius 3 is 1.76 bits per heavy atom. The number of rotatable bonds is 13. The highest BCUT2D eigenvalue weighted by molar-refractivity contribution is 5.79. The molecule has 0 aromatic carbocycles. The van der Waals surface area contributed by atoms with E-state index in [2.05, 4.69) is 4.74 Å². The van der Waals surface area contributed by atoms with E-state index in [1.165, 1.54) is 6.92 Å². The van der Waals surface area contributed by atoms with Gasteiger partial charge < -0.3 is 18.9 Å². The molecule has 0 N–H and O–H groups in total. The van der Waals surface area contributed by atoms with Gasteiger partial charge in [0.25, 0.3) is 0 Å². The van der Waals surface area contributed by atoms with Crippen molar-refractivity contribution >= 4 is 17.5 Å². The third-order valence-electron chi connectivity index (χ3n) is 2.49. The van der Waals surface area contributed by atoms with Crippen molar-refractivity contribution in [3.8, 4) is 0 Å². The summed E-state index contributed by atoms with van der Waals surface area (Å²) in [5.41, 5.74) is 0. The number of hydrogen-bond acceptors (Lipinski definition) is 7. The van der Waals surface area contributed by atoms with E-state index >= 15 is 0 Å². The zero-order valence-corrected chi connectivity index (χ0v) is 12.9. The van der Waals surface area contributed by atoms with Gasteiger partial charge in [-0.25, -0.2) is 0 Å². The molecule has 0 bridgehead atoms. The lowest BCUT2D eigenvalue weighted by Gasteiger charge is -2.17. The smallest absolute Gasteiger partial charge is 0.304 e. The Balaban J connectivity index is 4.04. The van der Waals surface area contributed by atoms with Crippen LogP contribution in [-0.4, -0.2) is 56.9 Å². The molecule has 21 heavy (non-hydrogen) atoms. The molecule has 0 aliphatic rings. The first kappa shape index (κ1) is 19.7. The van der Waals surface area contributed by atoms with Gasteiger partial charge in [0.15, 0.2) is 18.4 Å². The highest BCUT2D eigenvalue weighted by atomic mass is 16.7. The predicted octanol–water partition coefficient (Wildman–Crippen LogP) is 0.884. The van der Waals surface area contributed by atoms with Crippen LogP contribution in [0.5, 0.6) is 0 Å². The number of carbonyl (C=O) groups excluding carboxylic acids is 3. The van der Waals surface area contributed by atoms with Crippen LogP contribution in [0.15, 0.2) is 0 Å². The zero-order valence-electron chi connectivity index (χ0n) is 12.9. The Hall–Kier alpha value is -1.31. The van der Waals surface area contributed by atoms with Crippen molar-refractivity contribution in [2.24, 2.45) is 0 Å². The maximum atomic E-state index is 11.1. The van der Waals surface area contributed by atoms with Crippen molar-refractivity contribution in [2.45, 2.75) is 39.7 Å². The summed E-state index contributed by atoms with van der Waals surface area (Å²) < 4.78 is 20.4. The second kappa shape index (κ2) is 12.4. The molecule has 0 saturated heterocycles. The second-order valence-corrected chi connectivity index (χ2v) is 4.36. The minimum Gasteiger partial charge on any atom is -0.439 e. The van der Waals surface area contributed by atoms with Crippen molar-refractivity contribution in [1.29, 1.82) is 0 Å². The van der Waals surface area contributed by atoms with Gasteiger partial charge in [0, 0.05) is 19.8 Å². The Morgan fingerprint density at radius 1 is 0.905 bits per heavy atom. The lowest BCUT2D eigenvalue weighted by Crippen LogP contribution is -2.29. The molecule has 7 heteroatoms. The van der Waals surface area contributed by atoms with E-state index in [1.54, 1.807) is 13.8 Å². The van der Waals surface area contributed by atoms with Crippen LogP contribution in [0.25, 0.3) is 0 Å². The van der Waals surface area contributed by atoms with E-state index in [0.717, 1.165) is 0 Å². The third kappa shape index (κ3) is 12.2. The molecule has 0 saturated carbocycles. The standard InChI is InChI=1S/C14H24O7/c1-4-12(16)6-18-8-14(21-10-20-11(3)15)9-19-7-13(17)5-2/h14H,4-10H2,1-3H3. The number of ether oxygens (including phenoxy) is 4. The van der Waals surface area contributed by atoms with Gasteiger partial charge in [-0.2, -0.15) is 0 Å². The molecule has 0 amide bonds. The molecular weight excluding hydrogens is 280 g/mol.